The fraction of sp³-hybridized carbons (Fsp3) is 0.0476. The van der Waals surface area contributed by atoms with Crippen molar-refractivity contribution in [3.63, 3.8) is 0 Å². The summed E-state index contributed by atoms with van der Waals surface area (Å²) in [5.74, 6) is 2.24. The van der Waals surface area contributed by atoms with Gasteiger partial charge in [0.05, 0.1) is 10.2 Å². The quantitative estimate of drug-likeness (QED) is 0.179. The number of rotatable bonds is 5. The Morgan fingerprint density at radius 1 is 0.608 bits per heavy atom. The van der Waals surface area contributed by atoms with E-state index < -0.39 is 0 Å². The maximum atomic E-state index is 13.2. The maximum Gasteiger partial charge on any atom is 0.356 e. The summed E-state index contributed by atoms with van der Waals surface area (Å²) in [5, 5.41) is 1.89. The molecule has 9 heteroatoms. The third-order valence-electron chi connectivity index (χ3n) is 9.21. The molecule has 1 aliphatic rings. The summed E-state index contributed by atoms with van der Waals surface area (Å²) in [6.45, 7) is 0. The zero-order valence-corrected chi connectivity index (χ0v) is 27.8. The van der Waals surface area contributed by atoms with Gasteiger partial charge in [-0.2, -0.15) is 9.97 Å². The molecule has 8 nitrogen and oxygen atoms in total. The van der Waals surface area contributed by atoms with Crippen LogP contribution in [0.2, 0.25) is 0 Å². The summed E-state index contributed by atoms with van der Waals surface area (Å²) in [6.07, 6.45) is 8.07. The molecule has 0 saturated carbocycles. The Morgan fingerprint density at radius 3 is 2.08 bits per heavy atom. The average Bonchev–Trinajstić information content (AvgIpc) is 3.76. The van der Waals surface area contributed by atoms with Crippen LogP contribution in [0.3, 0.4) is 0 Å². The van der Waals surface area contributed by atoms with E-state index in [0.29, 0.717) is 28.3 Å². The van der Waals surface area contributed by atoms with Gasteiger partial charge in [0.25, 0.3) is 0 Å². The van der Waals surface area contributed by atoms with Gasteiger partial charge in [-0.1, -0.05) is 114 Å². The van der Waals surface area contributed by atoms with Crippen LogP contribution in [0.5, 0.6) is 0 Å². The minimum Gasteiger partial charge on any atom is -0.456 e. The number of nitrogens with zero attached hydrogens (tertiary/aromatic N) is 6. The predicted octanol–water partition coefficient (Wildman–Crippen LogP) is 9.79. The number of fused-ring (bicyclic) bond motifs is 6. The van der Waals surface area contributed by atoms with Crippen molar-refractivity contribution >= 4 is 54.0 Å². The molecule has 0 N–H and O–H groups in total. The smallest absolute Gasteiger partial charge is 0.356 e. The van der Waals surface area contributed by atoms with E-state index >= 15 is 0 Å². The lowest BCUT2D eigenvalue weighted by Crippen LogP contribution is -2.19. The molecule has 10 rings (SSSR count). The summed E-state index contributed by atoms with van der Waals surface area (Å²) >= 11 is 1.49. The molecular weight excluding hydrogens is 653 g/mol. The van der Waals surface area contributed by atoms with E-state index in [2.05, 4.69) is 35.3 Å². The first-order chi connectivity index (χ1) is 25.2. The lowest BCUT2D eigenvalue weighted by Gasteiger charge is -2.09. The summed E-state index contributed by atoms with van der Waals surface area (Å²) in [6, 6.07) is 38.3. The van der Waals surface area contributed by atoms with Crippen molar-refractivity contribution in [2.45, 2.75) is 12.8 Å². The number of thiazole rings is 1. The maximum absolute atomic E-state index is 13.2. The topological polar surface area (TPSA) is 99.1 Å². The van der Waals surface area contributed by atoms with Crippen LogP contribution >= 0.6 is 11.3 Å². The van der Waals surface area contributed by atoms with Crippen LogP contribution in [0.15, 0.2) is 143 Å². The van der Waals surface area contributed by atoms with E-state index in [0.717, 1.165) is 78.4 Å². The Morgan fingerprint density at radius 2 is 1.33 bits per heavy atom. The van der Waals surface area contributed by atoms with Crippen LogP contribution in [0, 0.1) is 0 Å². The molecule has 51 heavy (non-hydrogen) atoms. The van der Waals surface area contributed by atoms with Crippen LogP contribution in [0.1, 0.15) is 18.7 Å². The SMILES string of the molecule is O=c1nc(C2=CCCC=C2)nc2sc3cc(-c4ccc5oc6cccc(-c7nc(-c8ccccc8)nc(-c8ccccc8)n7)c6c5c4)ccc3n12. The molecule has 0 aliphatic heterocycles. The van der Waals surface area contributed by atoms with Gasteiger partial charge >= 0.3 is 5.69 Å². The Bertz CT molecular complexity index is 2890. The minimum atomic E-state index is -0.322. The molecule has 9 aromatic rings. The van der Waals surface area contributed by atoms with Crippen LogP contribution in [0.4, 0.5) is 0 Å². The van der Waals surface area contributed by atoms with Gasteiger partial charge < -0.3 is 4.42 Å². The third kappa shape index (κ3) is 5.05. The Balaban J connectivity index is 1.12. The van der Waals surface area contributed by atoms with Gasteiger partial charge in [-0.15, -0.1) is 0 Å². The van der Waals surface area contributed by atoms with Crippen molar-refractivity contribution in [3.8, 4) is 45.3 Å². The third-order valence-corrected chi connectivity index (χ3v) is 10.2. The highest BCUT2D eigenvalue weighted by molar-refractivity contribution is 7.23. The lowest BCUT2D eigenvalue weighted by molar-refractivity contribution is 0.669. The van der Waals surface area contributed by atoms with Gasteiger partial charge in [-0.25, -0.2) is 24.1 Å². The molecule has 0 saturated heterocycles. The molecule has 4 aromatic heterocycles. The number of furan rings is 1. The second-order valence-corrected chi connectivity index (χ2v) is 13.4. The first-order valence-corrected chi connectivity index (χ1v) is 17.5. The largest absolute Gasteiger partial charge is 0.456 e. The molecule has 242 valence electrons. The molecule has 0 fully saturated rings. The van der Waals surface area contributed by atoms with Crippen LogP contribution in [0.25, 0.3) is 88.0 Å². The van der Waals surface area contributed by atoms with E-state index in [1.807, 2.05) is 103 Å². The number of aromatic nitrogens is 6. The van der Waals surface area contributed by atoms with Gasteiger partial charge in [0.15, 0.2) is 23.3 Å². The average molecular weight is 679 g/mol. The molecule has 5 aromatic carbocycles. The van der Waals surface area contributed by atoms with Crippen LogP contribution in [-0.2, 0) is 0 Å². The summed E-state index contributed by atoms with van der Waals surface area (Å²) in [5.41, 5.74) is 7.59. The standard InChI is InChI=1S/C42H26N6O2S/c49-41-46-39(27-15-8-3-9-16-27)47-42-48(41)32-21-19-29(24-35(32)51-42)28-20-22-33-31(23-28)36-30(17-10-18-34(36)50-33)40-44-37(25-11-4-1-5-12-25)43-38(45-40)26-13-6-2-7-14-26/h1-2,4-8,10-24H,3,9H2. The first kappa shape index (κ1) is 29.3. The van der Waals surface area contributed by atoms with E-state index in [-0.39, 0.29) is 5.69 Å². The molecular formula is C42H26N6O2S. The van der Waals surface area contributed by atoms with Gasteiger partial charge in [0.1, 0.15) is 11.2 Å². The Hall–Kier alpha value is -6.58. The molecule has 0 unspecified atom stereocenters. The van der Waals surface area contributed by atoms with Gasteiger partial charge in [-0.3, -0.25) is 0 Å². The number of hydrogen-bond acceptors (Lipinski definition) is 8. The van der Waals surface area contributed by atoms with Crippen LogP contribution < -0.4 is 5.69 Å². The van der Waals surface area contributed by atoms with Gasteiger partial charge in [0, 0.05) is 33.0 Å². The van der Waals surface area contributed by atoms with Crippen molar-refractivity contribution in [2.24, 2.45) is 0 Å². The van der Waals surface area contributed by atoms with Crippen molar-refractivity contribution in [1.29, 1.82) is 0 Å². The zero-order valence-electron chi connectivity index (χ0n) is 27.0. The van der Waals surface area contributed by atoms with Gasteiger partial charge in [0.2, 0.25) is 4.96 Å². The Kier molecular flexibility index (Phi) is 6.78. The summed E-state index contributed by atoms with van der Waals surface area (Å²) in [4.78, 5) is 37.8. The van der Waals surface area contributed by atoms with E-state index in [4.69, 9.17) is 24.4 Å². The van der Waals surface area contributed by atoms with Crippen molar-refractivity contribution in [1.82, 2.24) is 29.3 Å². The fourth-order valence-electron chi connectivity index (χ4n) is 6.75. The van der Waals surface area contributed by atoms with E-state index in [1.54, 1.807) is 4.40 Å². The highest BCUT2D eigenvalue weighted by atomic mass is 32.1. The van der Waals surface area contributed by atoms with Crippen molar-refractivity contribution < 1.29 is 4.42 Å². The lowest BCUT2D eigenvalue weighted by atomic mass is 10.0. The molecule has 0 atom stereocenters. The zero-order chi connectivity index (χ0) is 33.9. The molecule has 0 radical (unpaired) electrons. The van der Waals surface area contributed by atoms with Crippen molar-refractivity contribution in [3.05, 3.63) is 150 Å². The normalized spacial score (nSPS) is 13.1. The number of allylic oxidation sites excluding steroid dienone is 4. The highest BCUT2D eigenvalue weighted by Gasteiger charge is 2.19. The van der Waals surface area contributed by atoms with Crippen molar-refractivity contribution in [2.75, 3.05) is 0 Å². The molecule has 0 spiro atoms. The number of hydrogen-bond donors (Lipinski definition) is 0. The molecule has 1 aliphatic carbocycles. The van der Waals surface area contributed by atoms with E-state index in [9.17, 15) is 4.79 Å². The Labute approximate surface area is 294 Å². The molecule has 0 bridgehead atoms. The predicted molar refractivity (Wildman–Crippen MR) is 203 cm³/mol. The monoisotopic (exact) mass is 678 g/mol. The van der Waals surface area contributed by atoms with Gasteiger partial charge in [-0.05, 0) is 54.3 Å². The minimum absolute atomic E-state index is 0.322. The second-order valence-electron chi connectivity index (χ2n) is 12.4. The summed E-state index contributed by atoms with van der Waals surface area (Å²) in [7, 11) is 0. The summed E-state index contributed by atoms with van der Waals surface area (Å²) < 4.78 is 8.94. The highest BCUT2D eigenvalue weighted by Crippen LogP contribution is 2.39. The fourth-order valence-corrected chi connectivity index (χ4v) is 7.80. The molecule has 0 amide bonds. The first-order valence-electron chi connectivity index (χ1n) is 16.7. The second kappa shape index (κ2) is 11.8. The number of benzene rings is 5. The van der Waals surface area contributed by atoms with E-state index in [1.165, 1.54) is 11.3 Å². The molecule has 4 heterocycles. The van der Waals surface area contributed by atoms with Crippen LogP contribution in [-0.4, -0.2) is 29.3 Å².